The molecule has 0 spiro atoms. The molecular weight excluding hydrogens is 320 g/mol. The van der Waals surface area contributed by atoms with Crippen LogP contribution in [0.15, 0.2) is 0 Å². The fourth-order valence-electron chi connectivity index (χ4n) is 1.20. The Morgan fingerprint density at radius 1 is 0.857 bits per heavy atom. The molecule has 0 atom stereocenters. The van der Waals surface area contributed by atoms with E-state index in [2.05, 4.69) is 15.2 Å². The standard InChI is InChI=1S/C6N4O2STe/c11-5-1-2(8-13-7-1)6(12)4-3(5)9-14-10-4. The van der Waals surface area contributed by atoms with Gasteiger partial charge in [0.2, 0.25) is 0 Å². The second-order valence-electron chi connectivity index (χ2n) is 2.58. The summed E-state index contributed by atoms with van der Waals surface area (Å²) in [5.74, 6) is -0.621. The van der Waals surface area contributed by atoms with Gasteiger partial charge < -0.3 is 0 Å². The molecule has 0 fully saturated rings. The van der Waals surface area contributed by atoms with Gasteiger partial charge in [-0.3, -0.25) is 0 Å². The van der Waals surface area contributed by atoms with Gasteiger partial charge in [0.15, 0.2) is 0 Å². The third kappa shape index (κ3) is 0.904. The van der Waals surface area contributed by atoms with Crippen LogP contribution < -0.4 is 0 Å². The fraction of sp³-hybridized carbons (Fsp3) is 0. The van der Waals surface area contributed by atoms with E-state index in [1.165, 1.54) is 0 Å². The van der Waals surface area contributed by atoms with Gasteiger partial charge in [0.05, 0.1) is 0 Å². The van der Waals surface area contributed by atoms with Gasteiger partial charge in [0.25, 0.3) is 0 Å². The van der Waals surface area contributed by atoms with Crippen molar-refractivity contribution in [3.63, 3.8) is 0 Å². The molecule has 0 aromatic carbocycles. The van der Waals surface area contributed by atoms with E-state index in [-0.39, 0.29) is 34.3 Å². The van der Waals surface area contributed by atoms with Crippen LogP contribution in [0.1, 0.15) is 32.4 Å². The molecule has 0 radical (unpaired) electrons. The summed E-state index contributed by atoms with van der Waals surface area (Å²) in [6, 6.07) is 0. The predicted octanol–water partition coefficient (Wildman–Crippen LogP) is -0.840. The molecule has 0 N–H and O–H groups in total. The Morgan fingerprint density at radius 3 is 1.86 bits per heavy atom. The van der Waals surface area contributed by atoms with Crippen LogP contribution in [0.4, 0.5) is 0 Å². The van der Waals surface area contributed by atoms with E-state index in [1.54, 1.807) is 0 Å². The summed E-state index contributed by atoms with van der Waals surface area (Å²) >= 11 is -0.0741. The molecule has 1 aliphatic carbocycles. The second kappa shape index (κ2) is 2.76. The molecule has 0 saturated heterocycles. The molecule has 0 amide bonds. The summed E-state index contributed by atoms with van der Waals surface area (Å²) in [5, 5.41) is 0. The number of nitrogens with zero attached hydrogens (tertiary/aromatic N) is 4. The average molecular weight is 320 g/mol. The molecule has 2 heterocycles. The monoisotopic (exact) mass is 322 g/mol. The van der Waals surface area contributed by atoms with E-state index in [1.807, 2.05) is 0 Å². The van der Waals surface area contributed by atoms with E-state index in [4.69, 9.17) is 0 Å². The molecule has 0 bridgehead atoms. The fourth-order valence-corrected chi connectivity index (χ4v) is 3.29. The van der Waals surface area contributed by atoms with Crippen molar-refractivity contribution in [2.24, 2.45) is 0 Å². The third-order valence-electron chi connectivity index (χ3n) is 1.84. The van der Waals surface area contributed by atoms with Crippen LogP contribution in [0.2, 0.25) is 0 Å². The zero-order chi connectivity index (χ0) is 9.71. The van der Waals surface area contributed by atoms with Crippen molar-refractivity contribution in [3.8, 4) is 0 Å². The van der Waals surface area contributed by atoms with Crippen molar-refractivity contribution in [1.82, 2.24) is 15.2 Å². The summed E-state index contributed by atoms with van der Waals surface area (Å²) in [6.45, 7) is 0. The molecule has 0 aliphatic heterocycles. The first kappa shape index (κ1) is 8.35. The van der Waals surface area contributed by atoms with Crippen LogP contribution in [-0.2, 0) is 0 Å². The van der Waals surface area contributed by atoms with Crippen LogP contribution in [-0.4, -0.2) is 47.7 Å². The van der Waals surface area contributed by atoms with Crippen molar-refractivity contribution in [2.45, 2.75) is 0 Å². The van der Waals surface area contributed by atoms with Gasteiger partial charge in [-0.05, 0) is 0 Å². The number of aromatic nitrogens is 4. The SMILES string of the molecule is O=C1c2nsnc2C(=O)c2n[te]nc21. The van der Waals surface area contributed by atoms with E-state index in [0.29, 0.717) is 0 Å². The normalized spacial score (nSPS) is 14.0. The van der Waals surface area contributed by atoms with Gasteiger partial charge in [-0.2, -0.15) is 0 Å². The van der Waals surface area contributed by atoms with Gasteiger partial charge >= 0.3 is 91.8 Å². The predicted molar refractivity (Wildman–Crippen MR) is 45.7 cm³/mol. The Bertz CT molecular complexity index is 468. The van der Waals surface area contributed by atoms with E-state index in [9.17, 15) is 9.59 Å². The average Bonchev–Trinajstić information content (AvgIpc) is 2.82. The van der Waals surface area contributed by atoms with Crippen LogP contribution in [0, 0.1) is 0 Å². The van der Waals surface area contributed by atoms with Crippen LogP contribution >= 0.6 is 11.7 Å². The summed E-state index contributed by atoms with van der Waals surface area (Å²) < 4.78 is 15.5. The summed E-state index contributed by atoms with van der Waals surface area (Å²) in [7, 11) is 0. The first-order chi connectivity index (χ1) is 6.79. The van der Waals surface area contributed by atoms with Crippen LogP contribution in [0.25, 0.3) is 0 Å². The summed E-state index contributed by atoms with van der Waals surface area (Å²) in [6.07, 6.45) is 0. The Hall–Kier alpha value is -0.970. The number of ketones is 2. The summed E-state index contributed by atoms with van der Waals surface area (Å²) in [5.41, 5.74) is 0.648. The number of carbonyl (C=O) groups is 2. The summed E-state index contributed by atoms with van der Waals surface area (Å²) in [4.78, 5) is 23.3. The third-order valence-corrected chi connectivity index (χ3v) is 3.87. The number of hydrogen-bond acceptors (Lipinski definition) is 7. The second-order valence-corrected chi connectivity index (χ2v) is 4.62. The minimum atomic E-state index is -0.935. The van der Waals surface area contributed by atoms with E-state index >= 15 is 0 Å². The van der Waals surface area contributed by atoms with Crippen LogP contribution in [0.5, 0.6) is 0 Å². The molecule has 2 aromatic rings. The van der Waals surface area contributed by atoms with Gasteiger partial charge in [-0.1, -0.05) is 0 Å². The van der Waals surface area contributed by atoms with Crippen molar-refractivity contribution in [3.05, 3.63) is 22.8 Å². The van der Waals surface area contributed by atoms with Gasteiger partial charge in [-0.15, -0.1) is 0 Å². The Morgan fingerprint density at radius 2 is 1.36 bits per heavy atom. The van der Waals surface area contributed by atoms with Crippen molar-refractivity contribution in [1.29, 1.82) is 0 Å². The van der Waals surface area contributed by atoms with Crippen LogP contribution in [0.3, 0.4) is 0 Å². The van der Waals surface area contributed by atoms with Gasteiger partial charge in [0, 0.05) is 0 Å². The van der Waals surface area contributed by atoms with E-state index in [0.717, 1.165) is 11.7 Å². The van der Waals surface area contributed by atoms with E-state index < -0.39 is 21.0 Å². The van der Waals surface area contributed by atoms with Crippen molar-refractivity contribution in [2.75, 3.05) is 0 Å². The molecule has 3 rings (SSSR count). The first-order valence-electron chi connectivity index (χ1n) is 3.53. The maximum atomic E-state index is 11.7. The number of fused-ring (bicyclic) bond motifs is 2. The molecule has 14 heavy (non-hydrogen) atoms. The zero-order valence-electron chi connectivity index (χ0n) is 6.42. The Kier molecular flexibility index (Phi) is 1.65. The molecule has 8 heteroatoms. The quantitative estimate of drug-likeness (QED) is 0.502. The molecule has 0 unspecified atom stereocenters. The molecule has 2 aromatic heterocycles. The number of hydrogen-bond donors (Lipinski definition) is 0. The molecular formula is C6N4O2STe. The molecule has 68 valence electrons. The van der Waals surface area contributed by atoms with Gasteiger partial charge in [-0.25, -0.2) is 0 Å². The number of rotatable bonds is 0. The Labute approximate surface area is 91.7 Å². The van der Waals surface area contributed by atoms with Crippen molar-refractivity contribution >= 4 is 44.3 Å². The maximum absolute atomic E-state index is 11.7. The molecule has 0 saturated carbocycles. The van der Waals surface area contributed by atoms with Crippen molar-refractivity contribution < 1.29 is 9.59 Å². The van der Waals surface area contributed by atoms with Gasteiger partial charge in [0.1, 0.15) is 0 Å². The molecule has 6 nitrogen and oxygen atoms in total. The minimum absolute atomic E-state index is 0.132. The first-order valence-corrected chi connectivity index (χ1v) is 6.35. The topological polar surface area (TPSA) is 85.7 Å². The molecule has 1 aliphatic rings. The zero-order valence-corrected chi connectivity index (χ0v) is 9.57. The Balaban J connectivity index is 2.37. The number of carbonyl (C=O) groups excluding carboxylic acids is 2.